The van der Waals surface area contributed by atoms with E-state index < -0.39 is 29.9 Å². The average Bonchev–Trinajstić information content (AvgIpc) is 2.79. The number of benzene rings is 2. The minimum absolute atomic E-state index is 0.132. The van der Waals surface area contributed by atoms with Crippen LogP contribution in [0.1, 0.15) is 43.1 Å². The van der Waals surface area contributed by atoms with Crippen LogP contribution in [-0.2, 0) is 14.3 Å². The third-order valence-electron chi connectivity index (χ3n) is 4.63. The Hall–Kier alpha value is -3.10. The van der Waals surface area contributed by atoms with Crippen molar-refractivity contribution in [2.45, 2.75) is 39.3 Å². The van der Waals surface area contributed by atoms with Gasteiger partial charge in [-0.1, -0.05) is 49.2 Å². The number of carbonyl (C=O) groups excluding carboxylic acids is 3. The smallest absolute Gasteiger partial charge is 0.337 e. The molecule has 2 atom stereocenters. The molecule has 0 aliphatic rings. The number of amides is 2. The van der Waals surface area contributed by atoms with Gasteiger partial charge in [-0.3, -0.25) is 9.59 Å². The largest absolute Gasteiger partial charge is 0.479 e. The summed E-state index contributed by atoms with van der Waals surface area (Å²) in [6.45, 7) is 5.43. The number of carbonyl (C=O) groups is 3. The molecule has 0 radical (unpaired) electrons. The number of hydrogen-bond acceptors (Lipinski definition) is 6. The van der Waals surface area contributed by atoms with Crippen molar-refractivity contribution in [2.24, 2.45) is 11.0 Å². The Morgan fingerprint density at radius 2 is 1.71 bits per heavy atom. The van der Waals surface area contributed by atoms with Crippen molar-refractivity contribution in [3.05, 3.63) is 63.6 Å². The standard InChI is InChI=1S/C24H27Cl2N3O5/c1-14(2)11-20(28-22(30)15(3)34-21-10-9-18(25)12-19(21)26)23(31)29-27-13-16-5-7-17(8-6-16)24(32)33-4/h5-10,12-15,20H,11H2,1-4H3,(H,28,30)(H,29,31)/b27-13-/t15-,20-/m1/s1. The van der Waals surface area contributed by atoms with Gasteiger partial charge in [0.05, 0.1) is 23.9 Å². The molecule has 0 aliphatic heterocycles. The third-order valence-corrected chi connectivity index (χ3v) is 5.16. The van der Waals surface area contributed by atoms with Gasteiger partial charge in [-0.25, -0.2) is 10.2 Å². The number of ether oxygens (including phenoxy) is 2. The number of methoxy groups -OCH3 is 1. The van der Waals surface area contributed by atoms with Gasteiger partial charge in [-0.05, 0) is 55.2 Å². The highest BCUT2D eigenvalue weighted by atomic mass is 35.5. The van der Waals surface area contributed by atoms with Crippen molar-refractivity contribution in [3.8, 4) is 5.75 Å². The summed E-state index contributed by atoms with van der Waals surface area (Å²) in [5.74, 6) is -0.953. The average molecular weight is 508 g/mol. The Bertz CT molecular complexity index is 1040. The van der Waals surface area contributed by atoms with E-state index in [4.69, 9.17) is 27.9 Å². The van der Waals surface area contributed by atoms with E-state index in [9.17, 15) is 14.4 Å². The third kappa shape index (κ3) is 8.35. The first kappa shape index (κ1) is 27.1. The number of rotatable bonds is 10. The van der Waals surface area contributed by atoms with Gasteiger partial charge < -0.3 is 14.8 Å². The number of nitrogens with one attached hydrogen (secondary N) is 2. The molecule has 2 rings (SSSR count). The van der Waals surface area contributed by atoms with Gasteiger partial charge in [0.15, 0.2) is 6.10 Å². The Balaban J connectivity index is 1.99. The zero-order chi connectivity index (χ0) is 25.3. The molecule has 0 saturated heterocycles. The molecule has 0 fully saturated rings. The molecule has 0 aromatic heterocycles. The topological polar surface area (TPSA) is 106 Å². The normalized spacial score (nSPS) is 12.8. The van der Waals surface area contributed by atoms with Gasteiger partial charge in [0.1, 0.15) is 11.8 Å². The fourth-order valence-electron chi connectivity index (χ4n) is 2.88. The van der Waals surface area contributed by atoms with Crippen molar-refractivity contribution < 1.29 is 23.9 Å². The van der Waals surface area contributed by atoms with Crippen LogP contribution in [0.3, 0.4) is 0 Å². The fraction of sp³-hybridized carbons (Fsp3) is 0.333. The number of hydrazone groups is 1. The highest BCUT2D eigenvalue weighted by molar-refractivity contribution is 6.35. The van der Waals surface area contributed by atoms with Crippen LogP contribution in [-0.4, -0.2) is 43.3 Å². The zero-order valence-electron chi connectivity index (χ0n) is 19.3. The van der Waals surface area contributed by atoms with Gasteiger partial charge in [-0.15, -0.1) is 0 Å². The van der Waals surface area contributed by atoms with Crippen LogP contribution in [0.2, 0.25) is 10.0 Å². The highest BCUT2D eigenvalue weighted by Crippen LogP contribution is 2.28. The predicted molar refractivity (Wildman–Crippen MR) is 131 cm³/mol. The summed E-state index contributed by atoms with van der Waals surface area (Å²) >= 11 is 12.0. The van der Waals surface area contributed by atoms with Gasteiger partial charge in [-0.2, -0.15) is 5.10 Å². The van der Waals surface area contributed by atoms with Gasteiger partial charge in [0, 0.05) is 5.02 Å². The molecule has 2 amide bonds. The Morgan fingerprint density at radius 1 is 1.03 bits per heavy atom. The summed E-state index contributed by atoms with van der Waals surface area (Å²) in [4.78, 5) is 36.8. The molecule has 34 heavy (non-hydrogen) atoms. The van der Waals surface area contributed by atoms with Gasteiger partial charge >= 0.3 is 5.97 Å². The van der Waals surface area contributed by atoms with Crippen LogP contribution in [0.15, 0.2) is 47.6 Å². The quantitative estimate of drug-likeness (QED) is 0.284. The SMILES string of the molecule is COC(=O)c1ccc(/C=N\NC(=O)[C@@H](CC(C)C)NC(=O)[C@@H](C)Oc2ccc(Cl)cc2Cl)cc1. The van der Waals surface area contributed by atoms with Crippen molar-refractivity contribution in [1.29, 1.82) is 0 Å². The monoisotopic (exact) mass is 507 g/mol. The molecule has 2 aromatic rings. The summed E-state index contributed by atoms with van der Waals surface area (Å²) in [6.07, 6.45) is 0.926. The van der Waals surface area contributed by atoms with Crippen molar-refractivity contribution in [3.63, 3.8) is 0 Å². The van der Waals surface area contributed by atoms with Crippen molar-refractivity contribution >= 4 is 47.2 Å². The first-order valence-corrected chi connectivity index (χ1v) is 11.3. The molecule has 0 spiro atoms. The van der Waals surface area contributed by atoms with Crippen LogP contribution in [0.4, 0.5) is 0 Å². The van der Waals surface area contributed by atoms with E-state index in [-0.39, 0.29) is 10.9 Å². The molecule has 2 aromatic carbocycles. The second-order valence-corrected chi connectivity index (χ2v) is 8.72. The summed E-state index contributed by atoms with van der Waals surface area (Å²) in [5.41, 5.74) is 3.51. The molecule has 10 heteroatoms. The summed E-state index contributed by atoms with van der Waals surface area (Å²) in [7, 11) is 1.30. The second-order valence-electron chi connectivity index (χ2n) is 7.87. The second kappa shape index (κ2) is 13.0. The molecule has 0 bridgehead atoms. The lowest BCUT2D eigenvalue weighted by molar-refractivity contribution is -0.132. The molecule has 0 saturated carbocycles. The first-order valence-electron chi connectivity index (χ1n) is 10.5. The molecule has 0 unspecified atom stereocenters. The van der Waals surface area contributed by atoms with E-state index in [0.717, 1.165) is 0 Å². The summed E-state index contributed by atoms with van der Waals surface area (Å²) in [6, 6.07) is 10.4. The minimum Gasteiger partial charge on any atom is -0.479 e. The van der Waals surface area contributed by atoms with E-state index in [1.807, 2.05) is 13.8 Å². The maximum absolute atomic E-state index is 12.7. The van der Waals surface area contributed by atoms with Crippen LogP contribution in [0, 0.1) is 5.92 Å². The molecule has 0 heterocycles. The van der Waals surface area contributed by atoms with E-state index in [1.165, 1.54) is 19.4 Å². The van der Waals surface area contributed by atoms with Crippen LogP contribution in [0.5, 0.6) is 5.75 Å². The Labute approximate surface area is 208 Å². The van der Waals surface area contributed by atoms with Crippen LogP contribution >= 0.6 is 23.2 Å². The predicted octanol–water partition coefficient (Wildman–Crippen LogP) is 4.23. The molecule has 182 valence electrons. The number of halogens is 2. The molecule has 2 N–H and O–H groups in total. The van der Waals surface area contributed by atoms with Crippen molar-refractivity contribution in [1.82, 2.24) is 10.7 Å². The fourth-order valence-corrected chi connectivity index (χ4v) is 3.33. The number of nitrogens with zero attached hydrogens (tertiary/aromatic N) is 1. The number of hydrogen-bond donors (Lipinski definition) is 2. The summed E-state index contributed by atoms with van der Waals surface area (Å²) in [5, 5.41) is 7.38. The van der Waals surface area contributed by atoms with E-state index in [1.54, 1.807) is 43.3 Å². The number of esters is 1. The molecule has 8 nitrogen and oxygen atoms in total. The first-order chi connectivity index (χ1) is 16.1. The zero-order valence-corrected chi connectivity index (χ0v) is 20.8. The van der Waals surface area contributed by atoms with E-state index >= 15 is 0 Å². The summed E-state index contributed by atoms with van der Waals surface area (Å²) < 4.78 is 10.3. The highest BCUT2D eigenvalue weighted by Gasteiger charge is 2.25. The van der Waals surface area contributed by atoms with Crippen molar-refractivity contribution in [2.75, 3.05) is 7.11 Å². The molecular weight excluding hydrogens is 481 g/mol. The Kier molecular flexibility index (Phi) is 10.3. The lowest BCUT2D eigenvalue weighted by atomic mass is 10.0. The van der Waals surface area contributed by atoms with E-state index in [0.29, 0.717) is 28.3 Å². The maximum Gasteiger partial charge on any atom is 0.337 e. The van der Waals surface area contributed by atoms with Crippen LogP contribution in [0.25, 0.3) is 0 Å². The maximum atomic E-state index is 12.7. The minimum atomic E-state index is -0.905. The van der Waals surface area contributed by atoms with Crippen LogP contribution < -0.4 is 15.5 Å². The Morgan fingerprint density at radius 3 is 2.29 bits per heavy atom. The lowest BCUT2D eigenvalue weighted by Gasteiger charge is -2.22. The van der Waals surface area contributed by atoms with E-state index in [2.05, 4.69) is 20.6 Å². The lowest BCUT2D eigenvalue weighted by Crippen LogP contribution is -2.49. The molecular formula is C24H27Cl2N3O5. The van der Waals surface area contributed by atoms with Gasteiger partial charge in [0.25, 0.3) is 11.8 Å². The van der Waals surface area contributed by atoms with Gasteiger partial charge in [0.2, 0.25) is 0 Å². The molecule has 0 aliphatic carbocycles.